The maximum Gasteiger partial charge on any atom is 0.254 e. The Morgan fingerprint density at radius 3 is 2.03 bits per heavy atom. The van der Waals surface area contributed by atoms with Crippen molar-refractivity contribution in [2.45, 2.75) is 26.9 Å². The number of ether oxygens (including phenoxy) is 3. The summed E-state index contributed by atoms with van der Waals surface area (Å²) in [7, 11) is 4.65. The SMILES string of the molecule is COc1cc(/C=N\NC(=O)CN2Cc3cc(C)c(C)cc3C2)cc(OC)c1OC. The van der Waals surface area contributed by atoms with Crippen LogP contribution in [0.2, 0.25) is 0 Å². The molecule has 0 atom stereocenters. The van der Waals surface area contributed by atoms with Crippen molar-refractivity contribution in [2.24, 2.45) is 5.10 Å². The summed E-state index contributed by atoms with van der Waals surface area (Å²) in [6.45, 7) is 6.08. The Hall–Kier alpha value is -3.06. The zero-order valence-corrected chi connectivity index (χ0v) is 17.5. The summed E-state index contributed by atoms with van der Waals surface area (Å²) in [5.74, 6) is 1.41. The first kappa shape index (κ1) is 20.7. The predicted octanol–water partition coefficient (Wildman–Crippen LogP) is 2.80. The lowest BCUT2D eigenvalue weighted by Crippen LogP contribution is -2.32. The van der Waals surface area contributed by atoms with Gasteiger partial charge in [0, 0.05) is 18.7 Å². The number of hydrogen-bond acceptors (Lipinski definition) is 6. The number of amides is 1. The number of fused-ring (bicyclic) bond motifs is 1. The highest BCUT2D eigenvalue weighted by Crippen LogP contribution is 2.37. The van der Waals surface area contributed by atoms with E-state index in [1.165, 1.54) is 22.3 Å². The Bertz CT molecular complexity index is 884. The van der Waals surface area contributed by atoms with E-state index in [0.29, 0.717) is 23.8 Å². The summed E-state index contributed by atoms with van der Waals surface area (Å²) in [4.78, 5) is 14.4. The second-order valence-electron chi connectivity index (χ2n) is 7.10. The van der Waals surface area contributed by atoms with Gasteiger partial charge < -0.3 is 14.2 Å². The lowest BCUT2D eigenvalue weighted by molar-refractivity contribution is -0.122. The van der Waals surface area contributed by atoms with Gasteiger partial charge in [-0.3, -0.25) is 9.69 Å². The van der Waals surface area contributed by atoms with Crippen molar-refractivity contribution in [1.82, 2.24) is 10.3 Å². The van der Waals surface area contributed by atoms with E-state index in [1.807, 2.05) is 0 Å². The molecule has 1 aliphatic rings. The maximum atomic E-state index is 12.3. The third-order valence-corrected chi connectivity index (χ3v) is 5.06. The largest absolute Gasteiger partial charge is 0.493 e. The molecule has 1 aliphatic heterocycles. The molecule has 0 fully saturated rings. The average molecular weight is 397 g/mol. The Morgan fingerprint density at radius 2 is 1.55 bits per heavy atom. The molecule has 2 aromatic rings. The number of hydrogen-bond donors (Lipinski definition) is 1. The molecule has 1 heterocycles. The number of rotatable bonds is 7. The molecule has 0 saturated carbocycles. The fraction of sp³-hybridized carbons (Fsp3) is 0.364. The molecule has 0 bridgehead atoms. The highest BCUT2D eigenvalue weighted by molar-refractivity contribution is 5.84. The van der Waals surface area contributed by atoms with Gasteiger partial charge in [0.25, 0.3) is 5.91 Å². The van der Waals surface area contributed by atoms with Crippen molar-refractivity contribution >= 4 is 12.1 Å². The summed E-state index contributed by atoms with van der Waals surface area (Å²) >= 11 is 0. The zero-order chi connectivity index (χ0) is 21.0. The van der Waals surface area contributed by atoms with E-state index in [9.17, 15) is 4.79 Å². The van der Waals surface area contributed by atoms with Gasteiger partial charge in [0.2, 0.25) is 5.75 Å². The molecule has 0 aliphatic carbocycles. The van der Waals surface area contributed by atoms with Crippen LogP contribution in [-0.4, -0.2) is 44.9 Å². The molecule has 154 valence electrons. The Balaban J connectivity index is 1.59. The van der Waals surface area contributed by atoms with E-state index in [4.69, 9.17) is 14.2 Å². The van der Waals surface area contributed by atoms with Crippen LogP contribution >= 0.6 is 0 Å². The molecule has 1 amide bonds. The van der Waals surface area contributed by atoms with E-state index in [-0.39, 0.29) is 5.91 Å². The molecule has 0 unspecified atom stereocenters. The minimum atomic E-state index is -0.157. The zero-order valence-electron chi connectivity index (χ0n) is 17.5. The van der Waals surface area contributed by atoms with Gasteiger partial charge in [0.15, 0.2) is 11.5 Å². The topological polar surface area (TPSA) is 72.4 Å². The Morgan fingerprint density at radius 1 is 1.00 bits per heavy atom. The number of carbonyl (C=O) groups excluding carboxylic acids is 1. The van der Waals surface area contributed by atoms with Crippen LogP contribution in [-0.2, 0) is 17.9 Å². The van der Waals surface area contributed by atoms with Crippen molar-refractivity contribution in [3.8, 4) is 17.2 Å². The molecule has 3 rings (SSSR count). The minimum absolute atomic E-state index is 0.157. The smallest absolute Gasteiger partial charge is 0.254 e. The summed E-state index contributed by atoms with van der Waals surface area (Å²) in [5.41, 5.74) is 8.46. The highest BCUT2D eigenvalue weighted by Gasteiger charge is 2.21. The van der Waals surface area contributed by atoms with Crippen LogP contribution in [0, 0.1) is 13.8 Å². The van der Waals surface area contributed by atoms with Gasteiger partial charge in [-0.2, -0.15) is 5.10 Å². The predicted molar refractivity (Wildman–Crippen MR) is 112 cm³/mol. The van der Waals surface area contributed by atoms with Crippen LogP contribution in [0.1, 0.15) is 27.8 Å². The summed E-state index contributed by atoms with van der Waals surface area (Å²) in [5, 5.41) is 4.06. The molecule has 7 heteroatoms. The number of carbonyl (C=O) groups is 1. The van der Waals surface area contributed by atoms with E-state index in [0.717, 1.165) is 18.7 Å². The van der Waals surface area contributed by atoms with E-state index < -0.39 is 0 Å². The molecule has 7 nitrogen and oxygen atoms in total. The van der Waals surface area contributed by atoms with Crippen LogP contribution in [0.25, 0.3) is 0 Å². The van der Waals surface area contributed by atoms with Crippen molar-refractivity contribution < 1.29 is 19.0 Å². The minimum Gasteiger partial charge on any atom is -0.493 e. The summed E-state index contributed by atoms with van der Waals surface area (Å²) in [6.07, 6.45) is 1.55. The highest BCUT2D eigenvalue weighted by atomic mass is 16.5. The van der Waals surface area contributed by atoms with Gasteiger partial charge in [-0.1, -0.05) is 12.1 Å². The molecule has 29 heavy (non-hydrogen) atoms. The number of methoxy groups -OCH3 is 3. The molecule has 2 aromatic carbocycles. The number of nitrogens with one attached hydrogen (secondary N) is 1. The van der Waals surface area contributed by atoms with Crippen molar-refractivity contribution in [1.29, 1.82) is 0 Å². The quantitative estimate of drug-likeness (QED) is 0.575. The second kappa shape index (κ2) is 8.96. The lowest BCUT2D eigenvalue weighted by atomic mass is 10.0. The van der Waals surface area contributed by atoms with Gasteiger partial charge in [-0.05, 0) is 48.2 Å². The normalized spacial score (nSPS) is 13.4. The molecule has 1 N–H and O–H groups in total. The monoisotopic (exact) mass is 397 g/mol. The third kappa shape index (κ3) is 4.68. The fourth-order valence-corrected chi connectivity index (χ4v) is 3.47. The first-order valence-electron chi connectivity index (χ1n) is 9.38. The van der Waals surface area contributed by atoms with E-state index in [1.54, 1.807) is 39.7 Å². The Kier molecular flexibility index (Phi) is 6.39. The maximum absolute atomic E-state index is 12.3. The number of nitrogens with zero attached hydrogens (tertiary/aromatic N) is 2. The van der Waals surface area contributed by atoms with Crippen LogP contribution in [0.15, 0.2) is 29.4 Å². The van der Waals surface area contributed by atoms with E-state index in [2.05, 4.69) is 41.4 Å². The Labute approximate surface area is 171 Å². The van der Waals surface area contributed by atoms with Crippen LogP contribution in [0.3, 0.4) is 0 Å². The first-order valence-corrected chi connectivity index (χ1v) is 9.38. The standard InChI is InChI=1S/C22H27N3O4/c1-14-6-17-11-25(12-18(17)7-15(14)2)13-21(26)24-23-10-16-8-19(27-3)22(29-5)20(9-16)28-4/h6-10H,11-13H2,1-5H3,(H,24,26)/b23-10-. The third-order valence-electron chi connectivity index (χ3n) is 5.06. The molecule has 0 aromatic heterocycles. The van der Waals surface area contributed by atoms with Gasteiger partial charge in [0.1, 0.15) is 0 Å². The summed E-state index contributed by atoms with van der Waals surface area (Å²) in [6, 6.07) is 7.95. The van der Waals surface area contributed by atoms with E-state index >= 15 is 0 Å². The van der Waals surface area contributed by atoms with Crippen LogP contribution in [0.4, 0.5) is 0 Å². The summed E-state index contributed by atoms with van der Waals surface area (Å²) < 4.78 is 15.9. The molecule has 0 spiro atoms. The van der Waals surface area contributed by atoms with Crippen molar-refractivity contribution in [3.05, 3.63) is 52.1 Å². The second-order valence-corrected chi connectivity index (χ2v) is 7.10. The van der Waals surface area contributed by atoms with Gasteiger partial charge >= 0.3 is 0 Å². The number of aryl methyl sites for hydroxylation is 2. The lowest BCUT2D eigenvalue weighted by Gasteiger charge is -2.13. The first-order chi connectivity index (χ1) is 13.9. The molecular weight excluding hydrogens is 370 g/mol. The van der Waals surface area contributed by atoms with Crippen LogP contribution < -0.4 is 19.6 Å². The van der Waals surface area contributed by atoms with Gasteiger partial charge in [-0.15, -0.1) is 0 Å². The van der Waals surface area contributed by atoms with Gasteiger partial charge in [-0.25, -0.2) is 5.43 Å². The number of hydrazone groups is 1. The van der Waals surface area contributed by atoms with Crippen molar-refractivity contribution in [2.75, 3.05) is 27.9 Å². The molecule has 0 saturated heterocycles. The number of benzene rings is 2. The van der Waals surface area contributed by atoms with Gasteiger partial charge in [0.05, 0.1) is 34.1 Å². The fourth-order valence-electron chi connectivity index (χ4n) is 3.47. The average Bonchev–Trinajstić information content (AvgIpc) is 3.08. The molecule has 0 radical (unpaired) electrons. The van der Waals surface area contributed by atoms with Crippen molar-refractivity contribution in [3.63, 3.8) is 0 Å². The van der Waals surface area contributed by atoms with Crippen LogP contribution in [0.5, 0.6) is 17.2 Å². The molecular formula is C22H27N3O4.